The Morgan fingerprint density at radius 2 is 1.70 bits per heavy atom. The van der Waals surface area contributed by atoms with Crippen molar-refractivity contribution in [1.82, 2.24) is 20.9 Å². The average molecular weight is 490 g/mol. The lowest BCUT2D eigenvalue weighted by Crippen LogP contribution is -2.55. The van der Waals surface area contributed by atoms with Crippen LogP contribution in [0.3, 0.4) is 0 Å². The minimum Gasteiger partial charge on any atom is -0.444 e. The zero-order valence-electron chi connectivity index (χ0n) is 20.1. The molecule has 0 aromatic rings. The van der Waals surface area contributed by atoms with Gasteiger partial charge in [-0.15, -0.1) is 0 Å². The van der Waals surface area contributed by atoms with Crippen LogP contribution in [0.25, 0.3) is 0 Å². The van der Waals surface area contributed by atoms with E-state index in [4.69, 9.17) is 15.2 Å². The molecule has 4 amide bonds. The Kier molecular flexibility index (Phi) is 13.1. The van der Waals surface area contributed by atoms with Crippen molar-refractivity contribution in [3.63, 3.8) is 0 Å². The van der Waals surface area contributed by atoms with E-state index in [-0.39, 0.29) is 18.7 Å². The fraction of sp³-hybridized carbons (Fsp3) is 0.810. The van der Waals surface area contributed by atoms with Crippen molar-refractivity contribution in [1.29, 1.82) is 0 Å². The van der Waals surface area contributed by atoms with Crippen LogP contribution in [-0.2, 0) is 23.9 Å². The minimum absolute atomic E-state index is 0.00565. The van der Waals surface area contributed by atoms with Crippen molar-refractivity contribution in [2.45, 2.75) is 57.7 Å². The van der Waals surface area contributed by atoms with E-state index in [0.29, 0.717) is 38.5 Å². The highest BCUT2D eigenvalue weighted by Gasteiger charge is 2.28. The Balaban J connectivity index is 2.72. The summed E-state index contributed by atoms with van der Waals surface area (Å²) in [5.74, 6) is -0.806. The van der Waals surface area contributed by atoms with Crippen LogP contribution in [-0.4, -0.2) is 97.8 Å². The number of rotatable bonds is 13. The molecule has 33 heavy (non-hydrogen) atoms. The molecule has 1 aliphatic heterocycles. The molecule has 0 unspecified atom stereocenters. The summed E-state index contributed by atoms with van der Waals surface area (Å²) in [7, 11) is 0. The van der Waals surface area contributed by atoms with Gasteiger partial charge in [-0.3, -0.25) is 19.3 Å². The molecule has 0 aliphatic carbocycles. The Bertz CT molecular complexity index is 652. The molecule has 0 aromatic carbocycles. The van der Waals surface area contributed by atoms with Crippen LogP contribution >= 0.6 is 11.8 Å². The number of ether oxygens (including phenoxy) is 2. The summed E-state index contributed by atoms with van der Waals surface area (Å²) in [6.45, 7) is 9.24. The first kappa shape index (κ1) is 29.0. The molecular weight excluding hydrogens is 450 g/mol. The van der Waals surface area contributed by atoms with Gasteiger partial charge in [-0.05, 0) is 45.6 Å². The van der Waals surface area contributed by atoms with Gasteiger partial charge in [0.15, 0.2) is 0 Å². The molecule has 11 nitrogen and oxygen atoms in total. The van der Waals surface area contributed by atoms with E-state index in [9.17, 15) is 19.2 Å². The SMILES string of the molecule is CSCC[C@H](NC(=O)[C@H](CCC(N)=O)NC(=O)OC(C)(C)C)C(=O)NCCN1CCOCC1. The second kappa shape index (κ2) is 15.0. The first-order valence-electron chi connectivity index (χ1n) is 11.2. The lowest BCUT2D eigenvalue weighted by atomic mass is 10.1. The maximum atomic E-state index is 12.9. The van der Waals surface area contributed by atoms with E-state index in [0.717, 1.165) is 13.1 Å². The van der Waals surface area contributed by atoms with Gasteiger partial charge in [0.1, 0.15) is 17.7 Å². The third-order valence-corrected chi connectivity index (χ3v) is 5.41. The number of nitrogens with two attached hydrogens (primary N) is 1. The average Bonchev–Trinajstić information content (AvgIpc) is 2.73. The molecule has 1 aliphatic rings. The van der Waals surface area contributed by atoms with Crippen LogP contribution < -0.4 is 21.7 Å². The highest BCUT2D eigenvalue weighted by Crippen LogP contribution is 2.09. The number of thioether (sulfide) groups is 1. The molecule has 0 saturated carbocycles. The largest absolute Gasteiger partial charge is 0.444 e. The first-order valence-corrected chi connectivity index (χ1v) is 12.6. The summed E-state index contributed by atoms with van der Waals surface area (Å²) in [5.41, 5.74) is 4.46. The molecule has 0 bridgehead atoms. The number of hydrogen-bond donors (Lipinski definition) is 4. The Labute approximate surface area is 200 Å². The zero-order chi connectivity index (χ0) is 24.9. The monoisotopic (exact) mass is 489 g/mol. The molecule has 5 N–H and O–H groups in total. The number of carbonyl (C=O) groups is 4. The third kappa shape index (κ3) is 13.3. The summed E-state index contributed by atoms with van der Waals surface area (Å²) in [6.07, 6.45) is 1.44. The van der Waals surface area contributed by atoms with Gasteiger partial charge in [0, 0.05) is 32.6 Å². The summed E-state index contributed by atoms with van der Waals surface area (Å²) in [4.78, 5) is 51.3. The standard InChI is InChI=1S/C21H39N5O6S/c1-21(2,3)32-20(30)25-15(5-6-17(22)27)19(29)24-16(7-14-33-4)18(28)23-8-9-26-10-12-31-13-11-26/h15-16H,5-14H2,1-4H3,(H2,22,27)(H,23,28)(H,24,29)(H,25,30)/t15-,16-/m0/s1. The molecule has 0 spiro atoms. The van der Waals surface area contributed by atoms with Crippen molar-refractivity contribution in [2.24, 2.45) is 5.73 Å². The van der Waals surface area contributed by atoms with Gasteiger partial charge < -0.3 is 31.2 Å². The molecular formula is C21H39N5O6S. The van der Waals surface area contributed by atoms with E-state index < -0.39 is 35.6 Å². The smallest absolute Gasteiger partial charge is 0.408 e. The van der Waals surface area contributed by atoms with E-state index in [1.165, 1.54) is 0 Å². The zero-order valence-corrected chi connectivity index (χ0v) is 20.9. The second-order valence-electron chi connectivity index (χ2n) is 8.79. The van der Waals surface area contributed by atoms with E-state index in [1.54, 1.807) is 32.5 Å². The van der Waals surface area contributed by atoms with Gasteiger partial charge in [-0.2, -0.15) is 11.8 Å². The van der Waals surface area contributed by atoms with E-state index >= 15 is 0 Å². The summed E-state index contributed by atoms with van der Waals surface area (Å²) >= 11 is 1.56. The molecule has 12 heteroatoms. The van der Waals surface area contributed by atoms with Crippen LogP contribution in [0.15, 0.2) is 0 Å². The van der Waals surface area contributed by atoms with Crippen molar-refractivity contribution in [2.75, 3.05) is 51.4 Å². The first-order chi connectivity index (χ1) is 15.5. The summed E-state index contributed by atoms with van der Waals surface area (Å²) in [6, 6.07) is -1.84. The molecule has 1 fully saturated rings. The van der Waals surface area contributed by atoms with Gasteiger partial charge in [-0.25, -0.2) is 4.79 Å². The fourth-order valence-electron chi connectivity index (χ4n) is 3.07. The molecule has 2 atom stereocenters. The van der Waals surface area contributed by atoms with Gasteiger partial charge >= 0.3 is 6.09 Å². The van der Waals surface area contributed by atoms with Gasteiger partial charge in [0.25, 0.3) is 0 Å². The topological polar surface area (TPSA) is 152 Å². The third-order valence-electron chi connectivity index (χ3n) is 4.76. The molecule has 1 saturated heterocycles. The predicted octanol–water partition coefficient (Wildman–Crippen LogP) is -0.168. The lowest BCUT2D eigenvalue weighted by molar-refractivity contribution is -0.130. The lowest BCUT2D eigenvalue weighted by Gasteiger charge is -2.27. The van der Waals surface area contributed by atoms with Gasteiger partial charge in [0.05, 0.1) is 13.2 Å². The molecule has 0 radical (unpaired) electrons. The number of morpholine rings is 1. The van der Waals surface area contributed by atoms with Crippen LogP contribution in [0.4, 0.5) is 4.79 Å². The minimum atomic E-state index is -1.06. The number of amides is 4. The van der Waals surface area contributed by atoms with Crippen molar-refractivity contribution < 1.29 is 28.7 Å². The van der Waals surface area contributed by atoms with E-state index in [2.05, 4.69) is 20.9 Å². The van der Waals surface area contributed by atoms with Gasteiger partial charge in [0.2, 0.25) is 17.7 Å². The number of nitrogens with one attached hydrogen (secondary N) is 3. The number of primary amides is 1. The molecule has 0 aromatic heterocycles. The van der Waals surface area contributed by atoms with Crippen LogP contribution in [0.1, 0.15) is 40.0 Å². The van der Waals surface area contributed by atoms with Crippen LogP contribution in [0.5, 0.6) is 0 Å². The Morgan fingerprint density at radius 3 is 2.27 bits per heavy atom. The van der Waals surface area contributed by atoms with Crippen LogP contribution in [0, 0.1) is 0 Å². The highest BCUT2D eigenvalue weighted by atomic mass is 32.2. The van der Waals surface area contributed by atoms with Crippen molar-refractivity contribution in [3.8, 4) is 0 Å². The molecule has 1 rings (SSSR count). The maximum Gasteiger partial charge on any atom is 0.408 e. The number of nitrogens with zero attached hydrogens (tertiary/aromatic N) is 1. The Morgan fingerprint density at radius 1 is 1.06 bits per heavy atom. The number of alkyl carbamates (subject to hydrolysis) is 1. The quantitative estimate of drug-likeness (QED) is 0.278. The predicted molar refractivity (Wildman–Crippen MR) is 127 cm³/mol. The molecule has 1 heterocycles. The van der Waals surface area contributed by atoms with Crippen molar-refractivity contribution in [3.05, 3.63) is 0 Å². The highest BCUT2D eigenvalue weighted by molar-refractivity contribution is 7.98. The maximum absolute atomic E-state index is 12.9. The van der Waals surface area contributed by atoms with E-state index in [1.807, 2.05) is 6.26 Å². The normalized spacial score (nSPS) is 16.4. The van der Waals surface area contributed by atoms with Gasteiger partial charge in [-0.1, -0.05) is 0 Å². The number of hydrogen-bond acceptors (Lipinski definition) is 8. The fourth-order valence-corrected chi connectivity index (χ4v) is 3.54. The summed E-state index contributed by atoms with van der Waals surface area (Å²) < 4.78 is 10.5. The van der Waals surface area contributed by atoms with Crippen LogP contribution in [0.2, 0.25) is 0 Å². The molecule has 190 valence electrons. The second-order valence-corrected chi connectivity index (χ2v) is 9.78. The van der Waals surface area contributed by atoms with Crippen molar-refractivity contribution >= 4 is 35.6 Å². The number of carbonyl (C=O) groups excluding carboxylic acids is 4. The summed E-state index contributed by atoms with van der Waals surface area (Å²) in [5, 5.41) is 8.06. The Hall–Kier alpha value is -2.05.